The van der Waals surface area contributed by atoms with Gasteiger partial charge in [-0.3, -0.25) is 9.88 Å². The Hall–Kier alpha value is -2.31. The smallest absolute Gasteiger partial charge is 0.0976 e. The summed E-state index contributed by atoms with van der Waals surface area (Å²) < 4.78 is 7.37. The number of nitrogens with two attached hydrogens (primary N) is 1. The largest absolute Gasteiger partial charge is 0.392 e. The number of pyridine rings is 1. The molecule has 5 heteroatoms. The third kappa shape index (κ3) is 2.72. The van der Waals surface area contributed by atoms with Crippen molar-refractivity contribution in [2.24, 2.45) is 17.1 Å². The summed E-state index contributed by atoms with van der Waals surface area (Å²) in [6, 6.07) is 9.44. The van der Waals surface area contributed by atoms with Crippen molar-refractivity contribution in [1.29, 1.82) is 0 Å². The fourth-order valence-corrected chi connectivity index (χ4v) is 9.02. The topological polar surface area (TPSA) is 71.6 Å². The van der Waals surface area contributed by atoms with E-state index in [0.29, 0.717) is 18.0 Å². The van der Waals surface area contributed by atoms with Crippen LogP contribution in [0.15, 0.2) is 72.1 Å². The number of ether oxygens (including phenoxy) is 1. The summed E-state index contributed by atoms with van der Waals surface area (Å²) in [7, 11) is 0. The van der Waals surface area contributed by atoms with Crippen LogP contribution in [0.4, 0.5) is 0 Å². The number of aromatic nitrogens is 1. The molecule has 4 heterocycles. The van der Waals surface area contributed by atoms with Crippen LogP contribution in [0.1, 0.15) is 50.5 Å². The zero-order valence-electron chi connectivity index (χ0n) is 20.9. The Labute approximate surface area is 212 Å². The molecule has 3 aliphatic heterocycles. The lowest BCUT2D eigenvalue weighted by Crippen LogP contribution is -2.61. The highest BCUT2D eigenvalue weighted by atomic mass is 16.5. The highest BCUT2D eigenvalue weighted by molar-refractivity contribution is 5.82. The fraction of sp³-hybridized carbons (Fsp3) is 0.516. The minimum absolute atomic E-state index is 0.0518. The van der Waals surface area contributed by atoms with Crippen molar-refractivity contribution < 1.29 is 9.84 Å². The van der Waals surface area contributed by atoms with Gasteiger partial charge in [0.2, 0.25) is 0 Å². The van der Waals surface area contributed by atoms with Crippen LogP contribution in [0.2, 0.25) is 0 Å². The molecule has 2 unspecified atom stereocenters. The highest BCUT2D eigenvalue weighted by Crippen LogP contribution is 2.69. The van der Waals surface area contributed by atoms with Gasteiger partial charge in [-0.05, 0) is 71.7 Å². The maximum absolute atomic E-state index is 11.6. The summed E-state index contributed by atoms with van der Waals surface area (Å²) in [5.74, 6) is 0.389. The van der Waals surface area contributed by atoms with Gasteiger partial charge >= 0.3 is 0 Å². The van der Waals surface area contributed by atoms with Crippen molar-refractivity contribution in [1.82, 2.24) is 9.88 Å². The predicted octanol–water partition coefficient (Wildman–Crippen LogP) is 4.24. The van der Waals surface area contributed by atoms with Crippen LogP contribution >= 0.6 is 0 Å². The molecule has 2 saturated heterocycles. The minimum atomic E-state index is -0.372. The average Bonchev–Trinajstić information content (AvgIpc) is 3.32. The Bertz CT molecular complexity index is 1360. The number of hydrogen-bond acceptors (Lipinski definition) is 5. The number of fused-ring (bicyclic) bond motifs is 2. The third-order valence-electron chi connectivity index (χ3n) is 10.8. The van der Waals surface area contributed by atoms with E-state index in [2.05, 4.69) is 65.4 Å². The normalized spacial score (nSPS) is 43.4. The third-order valence-corrected chi connectivity index (χ3v) is 10.8. The first-order valence-corrected chi connectivity index (χ1v) is 13.7. The molecule has 0 radical (unpaired) electrons. The lowest BCUT2D eigenvalue weighted by atomic mass is 9.58. The second-order valence-corrected chi connectivity index (χ2v) is 12.6. The molecule has 0 amide bonds. The maximum Gasteiger partial charge on any atom is 0.0976 e. The van der Waals surface area contributed by atoms with E-state index in [0.717, 1.165) is 50.6 Å². The number of likely N-dealkylation sites (tertiary alicyclic amines) is 1. The Morgan fingerprint density at radius 1 is 1.14 bits per heavy atom. The molecule has 36 heavy (non-hydrogen) atoms. The number of rotatable bonds is 2. The van der Waals surface area contributed by atoms with Crippen molar-refractivity contribution >= 4 is 10.8 Å². The maximum atomic E-state index is 11.6. The molecule has 2 aromatic rings. The molecule has 3 N–H and O–H groups in total. The van der Waals surface area contributed by atoms with Crippen molar-refractivity contribution in [3.63, 3.8) is 0 Å². The van der Waals surface area contributed by atoms with Gasteiger partial charge in [-0.1, -0.05) is 43.4 Å². The summed E-state index contributed by atoms with van der Waals surface area (Å²) in [5.41, 5.74) is 9.50. The van der Waals surface area contributed by atoms with E-state index in [1.54, 1.807) is 0 Å². The van der Waals surface area contributed by atoms with Gasteiger partial charge in [0.25, 0.3) is 0 Å². The zero-order valence-corrected chi connectivity index (χ0v) is 20.9. The molecule has 7 atom stereocenters. The SMILES string of the molecule is C[C@]12CC=C3C=C4C=C[C@@H](N5CC(N)C5)C[C@]45CCC3(O5)[C@@H]1C[C@@H](O)C2c1ccc2ccncc2c1. The van der Waals surface area contributed by atoms with Crippen LogP contribution in [-0.4, -0.2) is 57.5 Å². The van der Waals surface area contributed by atoms with E-state index in [4.69, 9.17) is 10.5 Å². The van der Waals surface area contributed by atoms with E-state index in [-0.39, 0.29) is 28.6 Å². The first kappa shape index (κ1) is 21.7. The fourth-order valence-electron chi connectivity index (χ4n) is 9.02. The van der Waals surface area contributed by atoms with Gasteiger partial charge in [-0.15, -0.1) is 0 Å². The van der Waals surface area contributed by atoms with E-state index in [1.807, 2.05) is 12.4 Å². The Kier molecular flexibility index (Phi) is 4.33. The van der Waals surface area contributed by atoms with Crippen LogP contribution in [-0.2, 0) is 4.74 Å². The molecule has 186 valence electrons. The number of aliphatic hydroxyl groups is 1. The second kappa shape index (κ2) is 7.16. The Morgan fingerprint density at radius 3 is 2.89 bits per heavy atom. The molecular weight excluding hydrogens is 446 g/mol. The van der Waals surface area contributed by atoms with Gasteiger partial charge < -0.3 is 15.6 Å². The van der Waals surface area contributed by atoms with Crippen molar-refractivity contribution in [2.45, 2.75) is 74.3 Å². The first-order chi connectivity index (χ1) is 17.4. The quantitative estimate of drug-likeness (QED) is 0.672. The molecule has 2 bridgehead atoms. The molecule has 6 aliphatic rings. The second-order valence-electron chi connectivity index (χ2n) is 12.6. The molecule has 1 aromatic heterocycles. The average molecular weight is 482 g/mol. The van der Waals surface area contributed by atoms with Crippen molar-refractivity contribution in [3.05, 3.63) is 77.7 Å². The first-order valence-electron chi connectivity index (χ1n) is 13.7. The number of nitrogens with zero attached hydrogens (tertiary/aromatic N) is 2. The van der Waals surface area contributed by atoms with Gasteiger partial charge in [-0.25, -0.2) is 0 Å². The van der Waals surface area contributed by atoms with Crippen LogP contribution < -0.4 is 5.73 Å². The predicted molar refractivity (Wildman–Crippen MR) is 140 cm³/mol. The van der Waals surface area contributed by atoms with E-state index < -0.39 is 0 Å². The monoisotopic (exact) mass is 481 g/mol. The van der Waals surface area contributed by atoms with Crippen LogP contribution in [0, 0.1) is 11.3 Å². The van der Waals surface area contributed by atoms with Gasteiger partial charge in [0.15, 0.2) is 0 Å². The summed E-state index contributed by atoms with van der Waals surface area (Å²) >= 11 is 0. The van der Waals surface area contributed by atoms with Gasteiger partial charge in [-0.2, -0.15) is 0 Å². The summed E-state index contributed by atoms with van der Waals surface area (Å²) in [6.07, 6.45) is 17.9. The highest BCUT2D eigenvalue weighted by Gasteiger charge is 2.68. The zero-order chi connectivity index (χ0) is 24.3. The number of hydrogen-bond donors (Lipinski definition) is 2. The van der Waals surface area contributed by atoms with Gasteiger partial charge in [0.05, 0.1) is 17.3 Å². The lowest BCUT2D eigenvalue weighted by molar-refractivity contribution is -0.134. The molecule has 3 aliphatic carbocycles. The molecule has 2 spiro atoms. The number of benzene rings is 1. The Morgan fingerprint density at radius 2 is 2.03 bits per heavy atom. The van der Waals surface area contributed by atoms with Crippen LogP contribution in [0.5, 0.6) is 0 Å². The standard InChI is InChI=1S/C31H35N3O2/c1-29-8-6-23-13-22-4-5-25(34-17-24(32)18-34)15-30(22)9-10-31(23,36-30)27(29)14-26(35)28(29)20-3-2-19-7-11-33-16-21(19)12-20/h2-7,11-13,16,24-28,35H,8-10,14-15,17-18,32H2,1H3/t25-,26-,27-,28?,29+,30-,31?/m1/s1. The lowest BCUT2D eigenvalue weighted by Gasteiger charge is -2.54. The van der Waals surface area contributed by atoms with Gasteiger partial charge in [0, 0.05) is 54.8 Å². The van der Waals surface area contributed by atoms with E-state index in [9.17, 15) is 5.11 Å². The van der Waals surface area contributed by atoms with E-state index >= 15 is 0 Å². The molecule has 1 aromatic carbocycles. The van der Waals surface area contributed by atoms with E-state index in [1.165, 1.54) is 22.1 Å². The molecule has 1 saturated carbocycles. The summed E-state index contributed by atoms with van der Waals surface area (Å²) in [4.78, 5) is 6.84. The Balaban J connectivity index is 1.17. The molecule has 8 rings (SSSR count). The van der Waals surface area contributed by atoms with Gasteiger partial charge in [0.1, 0.15) is 0 Å². The van der Waals surface area contributed by atoms with Crippen molar-refractivity contribution in [3.8, 4) is 0 Å². The van der Waals surface area contributed by atoms with Crippen LogP contribution in [0.3, 0.4) is 0 Å². The molecular formula is C31H35N3O2. The summed E-state index contributed by atoms with van der Waals surface area (Å²) in [5, 5.41) is 13.9. The molecule has 3 fully saturated rings. The summed E-state index contributed by atoms with van der Waals surface area (Å²) in [6.45, 7) is 4.37. The molecule has 5 nitrogen and oxygen atoms in total. The van der Waals surface area contributed by atoms with Crippen molar-refractivity contribution in [2.75, 3.05) is 13.1 Å². The number of allylic oxidation sites excluding steroid dienone is 1. The van der Waals surface area contributed by atoms with Crippen LogP contribution in [0.25, 0.3) is 10.8 Å². The number of aliphatic hydroxyl groups excluding tert-OH is 1. The minimum Gasteiger partial charge on any atom is -0.392 e.